The second-order valence-corrected chi connectivity index (χ2v) is 8.94. The summed E-state index contributed by atoms with van der Waals surface area (Å²) in [5, 5.41) is 2.95. The highest BCUT2D eigenvalue weighted by molar-refractivity contribution is 5.93. The molecule has 170 valence electrons. The molecule has 0 bridgehead atoms. The first-order chi connectivity index (χ1) is 16.0. The lowest BCUT2D eigenvalue weighted by Gasteiger charge is -2.46. The Morgan fingerprint density at radius 1 is 1.15 bits per heavy atom. The van der Waals surface area contributed by atoms with Crippen molar-refractivity contribution in [2.75, 3.05) is 18.4 Å². The molecule has 1 atom stereocenters. The summed E-state index contributed by atoms with van der Waals surface area (Å²) in [7, 11) is 0. The number of hydrogen-bond donors (Lipinski definition) is 1. The van der Waals surface area contributed by atoms with Crippen LogP contribution >= 0.6 is 0 Å². The number of pyridine rings is 1. The van der Waals surface area contributed by atoms with Gasteiger partial charge in [-0.2, -0.15) is 0 Å². The van der Waals surface area contributed by atoms with Gasteiger partial charge in [-0.15, -0.1) is 0 Å². The minimum atomic E-state index is -0.386. The number of para-hydroxylation sites is 1. The zero-order valence-corrected chi connectivity index (χ0v) is 18.6. The van der Waals surface area contributed by atoms with E-state index in [0.717, 1.165) is 23.3 Å². The van der Waals surface area contributed by atoms with Crippen LogP contribution in [0.5, 0.6) is 5.75 Å². The summed E-state index contributed by atoms with van der Waals surface area (Å²) in [5.74, 6) is 1.17. The minimum Gasteiger partial charge on any atom is -0.487 e. The number of aromatic nitrogens is 1. The lowest BCUT2D eigenvalue weighted by Crippen LogP contribution is -2.52. The van der Waals surface area contributed by atoms with Crippen molar-refractivity contribution in [1.82, 2.24) is 9.88 Å². The van der Waals surface area contributed by atoms with E-state index in [2.05, 4.69) is 10.3 Å². The molecule has 5 rings (SSSR count). The zero-order chi connectivity index (χ0) is 22.8. The number of ether oxygens (including phenoxy) is 1. The number of nitrogens with one attached hydrogen (secondary N) is 1. The van der Waals surface area contributed by atoms with Crippen molar-refractivity contribution in [3.8, 4) is 5.75 Å². The van der Waals surface area contributed by atoms with Crippen LogP contribution in [0.2, 0.25) is 0 Å². The minimum absolute atomic E-state index is 0.0410. The molecule has 2 amide bonds. The second-order valence-electron chi connectivity index (χ2n) is 8.94. The van der Waals surface area contributed by atoms with Crippen molar-refractivity contribution in [1.29, 1.82) is 0 Å². The topological polar surface area (TPSA) is 84.7 Å². The first kappa shape index (κ1) is 21.2. The highest BCUT2D eigenvalue weighted by Crippen LogP contribution is 2.46. The molecule has 2 aliphatic heterocycles. The number of carbonyl (C=O) groups is 2. The Bertz CT molecular complexity index is 1150. The third kappa shape index (κ3) is 4.35. The van der Waals surface area contributed by atoms with Gasteiger partial charge in [0.15, 0.2) is 5.76 Å². The van der Waals surface area contributed by atoms with Crippen LogP contribution in [0.1, 0.15) is 53.3 Å². The molecule has 0 saturated carbocycles. The van der Waals surface area contributed by atoms with Crippen molar-refractivity contribution >= 4 is 17.5 Å². The third-order valence-corrected chi connectivity index (χ3v) is 6.70. The van der Waals surface area contributed by atoms with Gasteiger partial charge < -0.3 is 19.4 Å². The number of nitrogens with zero attached hydrogens (tertiary/aromatic N) is 2. The van der Waals surface area contributed by atoms with E-state index >= 15 is 0 Å². The molecule has 7 nitrogen and oxygen atoms in total. The molecule has 1 saturated heterocycles. The van der Waals surface area contributed by atoms with Crippen LogP contribution < -0.4 is 10.1 Å². The molecule has 1 N–H and O–H groups in total. The van der Waals surface area contributed by atoms with E-state index in [1.165, 1.54) is 0 Å². The third-order valence-electron chi connectivity index (χ3n) is 6.70. The molecule has 1 unspecified atom stereocenters. The Labute approximate surface area is 192 Å². The van der Waals surface area contributed by atoms with E-state index in [1.807, 2.05) is 42.2 Å². The van der Waals surface area contributed by atoms with Crippen molar-refractivity contribution in [2.24, 2.45) is 0 Å². The Morgan fingerprint density at radius 2 is 1.97 bits per heavy atom. The van der Waals surface area contributed by atoms with E-state index < -0.39 is 0 Å². The standard InChI is InChI=1S/C26H27N3O4/c1-18-8-14-32-24(18)25(31)29-12-9-26(10-13-29)16-19(21-6-2-3-7-22(21)33-26)15-23(30)28-20-5-4-11-27-17-20/h2-8,11,14,17,19H,9-10,12-13,15-16H2,1H3,(H,28,30). The van der Waals surface area contributed by atoms with Gasteiger partial charge in [-0.05, 0) is 43.2 Å². The number of hydrogen-bond acceptors (Lipinski definition) is 5. The van der Waals surface area contributed by atoms with Gasteiger partial charge in [-0.3, -0.25) is 14.6 Å². The maximum absolute atomic E-state index is 12.9. The highest BCUT2D eigenvalue weighted by atomic mass is 16.5. The zero-order valence-electron chi connectivity index (χ0n) is 18.6. The molecule has 1 spiro atoms. The largest absolute Gasteiger partial charge is 0.487 e. The SMILES string of the molecule is Cc1ccoc1C(=O)N1CCC2(CC1)CC(CC(=O)Nc1cccnc1)c1ccccc1O2. The van der Waals surface area contributed by atoms with Crippen LogP contribution in [0, 0.1) is 6.92 Å². The molecule has 1 fully saturated rings. The lowest BCUT2D eigenvalue weighted by atomic mass is 9.76. The number of likely N-dealkylation sites (tertiary alicyclic amines) is 1. The number of piperidine rings is 1. The molecule has 4 heterocycles. The molecular formula is C26H27N3O4. The quantitative estimate of drug-likeness (QED) is 0.637. The maximum Gasteiger partial charge on any atom is 0.289 e. The van der Waals surface area contributed by atoms with Crippen LogP contribution in [0.25, 0.3) is 0 Å². The van der Waals surface area contributed by atoms with Crippen LogP contribution in [0.3, 0.4) is 0 Å². The van der Waals surface area contributed by atoms with Gasteiger partial charge in [0.2, 0.25) is 5.91 Å². The van der Waals surface area contributed by atoms with Gasteiger partial charge in [-0.1, -0.05) is 18.2 Å². The van der Waals surface area contributed by atoms with Gasteiger partial charge in [0.25, 0.3) is 5.91 Å². The number of furan rings is 1. The summed E-state index contributed by atoms with van der Waals surface area (Å²) in [6.45, 7) is 3.07. The van der Waals surface area contributed by atoms with Crippen molar-refractivity contribution in [3.05, 3.63) is 78.0 Å². The average Bonchev–Trinajstić information content (AvgIpc) is 3.25. The molecule has 1 aromatic carbocycles. The predicted octanol–water partition coefficient (Wildman–Crippen LogP) is 4.55. The normalized spacial score (nSPS) is 18.9. The summed E-state index contributed by atoms with van der Waals surface area (Å²) >= 11 is 0. The molecule has 3 aromatic rings. The highest BCUT2D eigenvalue weighted by Gasteiger charge is 2.44. The van der Waals surface area contributed by atoms with Crippen molar-refractivity contribution in [2.45, 2.75) is 44.1 Å². The molecule has 0 radical (unpaired) electrons. The number of fused-ring (bicyclic) bond motifs is 1. The first-order valence-corrected chi connectivity index (χ1v) is 11.3. The van der Waals surface area contributed by atoms with E-state index in [0.29, 0.717) is 43.8 Å². The fraction of sp³-hybridized carbons (Fsp3) is 0.346. The Balaban J connectivity index is 1.30. The van der Waals surface area contributed by atoms with Gasteiger partial charge in [0.05, 0.1) is 18.1 Å². The number of benzene rings is 1. The van der Waals surface area contributed by atoms with E-state index in [9.17, 15) is 9.59 Å². The monoisotopic (exact) mass is 445 g/mol. The van der Waals surface area contributed by atoms with Gasteiger partial charge >= 0.3 is 0 Å². The van der Waals surface area contributed by atoms with E-state index in [-0.39, 0.29) is 23.3 Å². The Kier molecular flexibility index (Phi) is 5.62. The van der Waals surface area contributed by atoms with Crippen LogP contribution in [0.15, 0.2) is 65.5 Å². The Hall–Kier alpha value is -3.61. The number of aryl methyl sites for hydroxylation is 1. The van der Waals surface area contributed by atoms with Crippen LogP contribution in [0.4, 0.5) is 5.69 Å². The summed E-state index contributed by atoms with van der Waals surface area (Å²) in [5.41, 5.74) is 2.22. The fourth-order valence-electron chi connectivity index (χ4n) is 4.96. The smallest absolute Gasteiger partial charge is 0.289 e. The first-order valence-electron chi connectivity index (χ1n) is 11.3. The summed E-state index contributed by atoms with van der Waals surface area (Å²) in [6.07, 6.45) is 7.41. The van der Waals surface area contributed by atoms with Crippen molar-refractivity contribution < 1.29 is 18.7 Å². The van der Waals surface area contributed by atoms with Crippen LogP contribution in [-0.4, -0.2) is 40.4 Å². The molecular weight excluding hydrogens is 418 g/mol. The van der Waals surface area contributed by atoms with E-state index in [4.69, 9.17) is 9.15 Å². The molecule has 2 aromatic heterocycles. The predicted molar refractivity (Wildman–Crippen MR) is 123 cm³/mol. The van der Waals surface area contributed by atoms with E-state index in [1.54, 1.807) is 30.8 Å². The summed E-state index contributed by atoms with van der Waals surface area (Å²) in [4.78, 5) is 31.6. The molecule has 33 heavy (non-hydrogen) atoms. The molecule has 0 aliphatic carbocycles. The summed E-state index contributed by atoms with van der Waals surface area (Å²) in [6, 6.07) is 13.4. The maximum atomic E-state index is 12.9. The van der Waals surface area contributed by atoms with Crippen molar-refractivity contribution in [3.63, 3.8) is 0 Å². The second kappa shape index (κ2) is 8.73. The number of rotatable bonds is 4. The average molecular weight is 446 g/mol. The number of amides is 2. The molecule has 7 heteroatoms. The number of carbonyl (C=O) groups excluding carboxylic acids is 2. The van der Waals surface area contributed by atoms with Gasteiger partial charge in [-0.25, -0.2) is 0 Å². The van der Waals surface area contributed by atoms with Gasteiger partial charge in [0, 0.05) is 50.0 Å². The fourth-order valence-corrected chi connectivity index (χ4v) is 4.96. The van der Waals surface area contributed by atoms with Crippen LogP contribution in [-0.2, 0) is 4.79 Å². The molecule has 2 aliphatic rings. The lowest BCUT2D eigenvalue weighted by molar-refractivity contribution is -0.117. The summed E-state index contributed by atoms with van der Waals surface area (Å²) < 4.78 is 11.9. The number of anilines is 1. The Morgan fingerprint density at radius 3 is 2.70 bits per heavy atom. The van der Waals surface area contributed by atoms with Gasteiger partial charge in [0.1, 0.15) is 11.4 Å².